The molecule has 1 aliphatic rings. The monoisotopic (exact) mass is 501 g/mol. The molecule has 1 saturated heterocycles. The van der Waals surface area contributed by atoms with Gasteiger partial charge in [-0.05, 0) is 49.2 Å². The first-order valence-electron chi connectivity index (χ1n) is 10.3. The molecule has 10 heteroatoms. The van der Waals surface area contributed by atoms with Crippen LogP contribution in [-0.4, -0.2) is 43.2 Å². The SMILES string of the molecule is Cc1ccc(S(=O)(=O)n2cc(-c3ccc(S(=O)(=O)N4CCC4)cc3)c3c(Cl)ccnc32)cc1. The number of pyridine rings is 1. The molecular formula is C23H20ClN3O4S2. The lowest BCUT2D eigenvalue weighted by Gasteiger charge is -2.29. The number of hydrogen-bond acceptors (Lipinski definition) is 5. The molecule has 33 heavy (non-hydrogen) atoms. The van der Waals surface area contributed by atoms with Crippen LogP contribution >= 0.6 is 11.6 Å². The van der Waals surface area contributed by atoms with Crippen molar-refractivity contribution in [2.45, 2.75) is 23.1 Å². The van der Waals surface area contributed by atoms with Gasteiger partial charge in [-0.15, -0.1) is 0 Å². The lowest BCUT2D eigenvalue weighted by atomic mass is 10.1. The molecule has 2 aromatic heterocycles. The summed E-state index contributed by atoms with van der Waals surface area (Å²) in [7, 11) is -7.45. The highest BCUT2D eigenvalue weighted by molar-refractivity contribution is 7.90. The third kappa shape index (κ3) is 3.65. The van der Waals surface area contributed by atoms with Crippen molar-refractivity contribution in [1.29, 1.82) is 0 Å². The van der Waals surface area contributed by atoms with Crippen molar-refractivity contribution in [3.63, 3.8) is 0 Å². The molecule has 3 heterocycles. The van der Waals surface area contributed by atoms with E-state index >= 15 is 0 Å². The predicted molar refractivity (Wildman–Crippen MR) is 127 cm³/mol. The van der Waals surface area contributed by atoms with E-state index in [0.717, 1.165) is 16.0 Å². The molecule has 0 spiro atoms. The van der Waals surface area contributed by atoms with Crippen molar-refractivity contribution in [2.24, 2.45) is 0 Å². The van der Waals surface area contributed by atoms with Crippen LogP contribution in [0.4, 0.5) is 0 Å². The summed E-state index contributed by atoms with van der Waals surface area (Å²) in [6, 6.07) is 14.6. The van der Waals surface area contributed by atoms with Gasteiger partial charge in [0.25, 0.3) is 10.0 Å². The molecule has 0 saturated carbocycles. The van der Waals surface area contributed by atoms with Crippen molar-refractivity contribution in [1.82, 2.24) is 13.3 Å². The topological polar surface area (TPSA) is 89.3 Å². The summed E-state index contributed by atoms with van der Waals surface area (Å²) in [6.07, 6.45) is 3.80. The number of halogens is 1. The van der Waals surface area contributed by atoms with E-state index in [9.17, 15) is 16.8 Å². The van der Waals surface area contributed by atoms with Gasteiger partial charge in [-0.3, -0.25) is 0 Å². The first-order chi connectivity index (χ1) is 15.7. The smallest absolute Gasteiger partial charge is 0.237 e. The lowest BCUT2D eigenvalue weighted by molar-refractivity contribution is 0.309. The average Bonchev–Trinajstić information content (AvgIpc) is 3.14. The quantitative estimate of drug-likeness (QED) is 0.407. The van der Waals surface area contributed by atoms with Crippen LogP contribution < -0.4 is 0 Å². The molecule has 0 N–H and O–H groups in total. The van der Waals surface area contributed by atoms with Gasteiger partial charge in [-0.25, -0.2) is 25.8 Å². The molecule has 170 valence electrons. The Labute approximate surface area is 197 Å². The zero-order valence-electron chi connectivity index (χ0n) is 17.6. The van der Waals surface area contributed by atoms with E-state index in [4.69, 9.17) is 11.6 Å². The summed E-state index contributed by atoms with van der Waals surface area (Å²) in [5, 5.41) is 0.832. The number of aryl methyl sites for hydroxylation is 1. The molecule has 1 aliphatic heterocycles. The molecule has 7 nitrogen and oxygen atoms in total. The van der Waals surface area contributed by atoms with Crippen LogP contribution in [0.3, 0.4) is 0 Å². The Bertz CT molecular complexity index is 1570. The highest BCUT2D eigenvalue weighted by Gasteiger charge is 2.29. The van der Waals surface area contributed by atoms with Crippen LogP contribution in [0.25, 0.3) is 22.2 Å². The number of sulfonamides is 1. The normalized spacial score (nSPS) is 15.0. The van der Waals surface area contributed by atoms with Crippen molar-refractivity contribution in [3.05, 3.63) is 77.6 Å². The molecular weight excluding hydrogens is 482 g/mol. The van der Waals surface area contributed by atoms with Gasteiger partial charge in [-0.2, -0.15) is 4.31 Å². The van der Waals surface area contributed by atoms with Gasteiger partial charge in [-0.1, -0.05) is 41.4 Å². The van der Waals surface area contributed by atoms with Gasteiger partial charge in [0.15, 0.2) is 5.65 Å². The first kappa shape index (κ1) is 22.1. The second kappa shape index (κ2) is 7.95. The minimum atomic E-state index is -3.93. The van der Waals surface area contributed by atoms with Crippen LogP contribution in [-0.2, 0) is 20.0 Å². The molecule has 1 fully saturated rings. The molecule has 0 unspecified atom stereocenters. The lowest BCUT2D eigenvalue weighted by Crippen LogP contribution is -2.41. The van der Waals surface area contributed by atoms with Gasteiger partial charge < -0.3 is 0 Å². The van der Waals surface area contributed by atoms with E-state index in [1.165, 1.54) is 28.8 Å². The molecule has 0 amide bonds. The third-order valence-electron chi connectivity index (χ3n) is 5.80. The number of hydrogen-bond donors (Lipinski definition) is 0. The molecule has 2 aromatic carbocycles. The van der Waals surface area contributed by atoms with Crippen molar-refractivity contribution >= 4 is 42.7 Å². The Morgan fingerprint density at radius 3 is 2.06 bits per heavy atom. The molecule has 0 atom stereocenters. The zero-order chi connectivity index (χ0) is 23.4. The van der Waals surface area contributed by atoms with Gasteiger partial charge in [0, 0.05) is 36.4 Å². The largest absolute Gasteiger partial charge is 0.269 e. The molecule has 5 rings (SSSR count). The van der Waals surface area contributed by atoms with Gasteiger partial charge in [0.1, 0.15) is 0 Å². The molecule has 0 bridgehead atoms. The minimum Gasteiger partial charge on any atom is -0.237 e. The fraction of sp³-hybridized carbons (Fsp3) is 0.174. The fourth-order valence-electron chi connectivity index (χ4n) is 3.80. The Hall–Kier alpha value is -2.72. The standard InChI is InChI=1S/C23H20ClN3O4S2/c1-16-3-7-19(8-4-16)33(30,31)27-15-20(22-21(24)11-12-25-23(22)27)17-5-9-18(10-6-17)32(28,29)26-13-2-14-26/h3-12,15H,2,13-14H2,1H3. The Morgan fingerprint density at radius 1 is 0.848 bits per heavy atom. The molecule has 4 aromatic rings. The summed E-state index contributed by atoms with van der Waals surface area (Å²) >= 11 is 6.46. The number of benzene rings is 2. The van der Waals surface area contributed by atoms with Crippen LogP contribution in [0.5, 0.6) is 0 Å². The van der Waals surface area contributed by atoms with Crippen LogP contribution in [0.1, 0.15) is 12.0 Å². The van der Waals surface area contributed by atoms with Crippen molar-refractivity contribution in [2.75, 3.05) is 13.1 Å². The number of aromatic nitrogens is 2. The highest BCUT2D eigenvalue weighted by Crippen LogP contribution is 2.37. The molecule has 0 aliphatic carbocycles. The Morgan fingerprint density at radius 2 is 1.45 bits per heavy atom. The maximum atomic E-state index is 13.4. The van der Waals surface area contributed by atoms with E-state index in [-0.39, 0.29) is 15.4 Å². The van der Waals surface area contributed by atoms with E-state index < -0.39 is 20.0 Å². The number of fused-ring (bicyclic) bond motifs is 1. The Kier molecular flexibility index (Phi) is 5.32. The summed E-state index contributed by atoms with van der Waals surface area (Å²) in [5.41, 5.74) is 2.33. The van der Waals surface area contributed by atoms with Crippen molar-refractivity contribution < 1.29 is 16.8 Å². The predicted octanol–water partition coefficient (Wildman–Crippen LogP) is 4.30. The zero-order valence-corrected chi connectivity index (χ0v) is 20.0. The second-order valence-electron chi connectivity index (χ2n) is 7.93. The van der Waals surface area contributed by atoms with Gasteiger partial charge in [0.2, 0.25) is 10.0 Å². The van der Waals surface area contributed by atoms with Gasteiger partial charge >= 0.3 is 0 Å². The summed E-state index contributed by atoms with van der Waals surface area (Å²) in [5.74, 6) is 0. The van der Waals surface area contributed by atoms with E-state index in [0.29, 0.717) is 34.6 Å². The third-order valence-corrected chi connectivity index (χ3v) is 9.69. The number of rotatable bonds is 5. The fourth-order valence-corrected chi connectivity index (χ4v) is 6.87. The highest BCUT2D eigenvalue weighted by atomic mass is 35.5. The Balaban J connectivity index is 1.65. The van der Waals surface area contributed by atoms with E-state index in [1.54, 1.807) is 42.5 Å². The minimum absolute atomic E-state index is 0.134. The van der Waals surface area contributed by atoms with E-state index in [1.807, 2.05) is 6.92 Å². The van der Waals surface area contributed by atoms with Crippen LogP contribution in [0.2, 0.25) is 5.02 Å². The molecule has 0 radical (unpaired) electrons. The maximum Gasteiger partial charge on any atom is 0.269 e. The van der Waals surface area contributed by atoms with Crippen LogP contribution in [0.15, 0.2) is 76.8 Å². The maximum absolute atomic E-state index is 13.4. The van der Waals surface area contributed by atoms with E-state index in [2.05, 4.69) is 4.98 Å². The summed E-state index contributed by atoms with van der Waals surface area (Å²) in [4.78, 5) is 4.63. The average molecular weight is 502 g/mol. The second-order valence-corrected chi connectivity index (χ2v) is 12.1. The summed E-state index contributed by atoms with van der Waals surface area (Å²) in [6.45, 7) is 2.93. The van der Waals surface area contributed by atoms with Crippen molar-refractivity contribution in [3.8, 4) is 11.1 Å². The number of nitrogens with zero attached hydrogens (tertiary/aromatic N) is 3. The van der Waals surface area contributed by atoms with Gasteiger partial charge in [0.05, 0.1) is 14.8 Å². The first-order valence-corrected chi connectivity index (χ1v) is 13.5. The van der Waals surface area contributed by atoms with Crippen LogP contribution in [0, 0.1) is 6.92 Å². The summed E-state index contributed by atoms with van der Waals surface area (Å²) < 4.78 is 54.7.